The first kappa shape index (κ1) is 11.9. The Morgan fingerprint density at radius 3 is 2.65 bits per heavy atom. The van der Waals surface area contributed by atoms with Gasteiger partial charge in [-0.25, -0.2) is 0 Å². The maximum absolute atomic E-state index is 6.09. The Morgan fingerprint density at radius 2 is 2.06 bits per heavy atom. The molecule has 0 fully saturated rings. The molecule has 2 aromatic rings. The zero-order valence-corrected chi connectivity index (χ0v) is 10.6. The normalized spacial score (nSPS) is 12.4. The molecule has 1 atom stereocenters. The van der Waals surface area contributed by atoms with Gasteiger partial charge in [-0.2, -0.15) is 0 Å². The van der Waals surface area contributed by atoms with Crippen LogP contribution < -0.4 is 11.1 Å². The van der Waals surface area contributed by atoms with Crippen molar-refractivity contribution in [3.63, 3.8) is 0 Å². The van der Waals surface area contributed by atoms with Crippen molar-refractivity contribution < 1.29 is 4.42 Å². The Kier molecular flexibility index (Phi) is 3.29. The summed E-state index contributed by atoms with van der Waals surface area (Å²) in [7, 11) is 0. The number of nitrogens with one attached hydrogen (secondary N) is 1. The van der Waals surface area contributed by atoms with Crippen molar-refractivity contribution in [3.8, 4) is 0 Å². The number of aryl methyl sites for hydroxylation is 1. The molecule has 0 spiro atoms. The van der Waals surface area contributed by atoms with Gasteiger partial charge in [0.15, 0.2) is 0 Å². The first-order valence-electron chi connectivity index (χ1n) is 5.45. The second-order valence-electron chi connectivity index (χ2n) is 4.02. The lowest BCUT2D eigenvalue weighted by Gasteiger charge is -2.16. The van der Waals surface area contributed by atoms with Gasteiger partial charge in [-0.15, -0.1) is 0 Å². The van der Waals surface area contributed by atoms with E-state index in [2.05, 4.69) is 5.32 Å². The highest BCUT2D eigenvalue weighted by Gasteiger charge is 2.12. The van der Waals surface area contributed by atoms with Gasteiger partial charge in [-0.05, 0) is 38.1 Å². The molecule has 3 nitrogen and oxygen atoms in total. The van der Waals surface area contributed by atoms with Crippen molar-refractivity contribution in [2.24, 2.45) is 0 Å². The quantitative estimate of drug-likeness (QED) is 0.810. The lowest BCUT2D eigenvalue weighted by Crippen LogP contribution is -2.08. The number of rotatable bonds is 3. The molecule has 1 heterocycles. The molecule has 0 aliphatic heterocycles. The van der Waals surface area contributed by atoms with Crippen molar-refractivity contribution in [2.45, 2.75) is 19.9 Å². The summed E-state index contributed by atoms with van der Waals surface area (Å²) in [6.45, 7) is 3.92. The molecule has 1 aromatic heterocycles. The predicted molar refractivity (Wildman–Crippen MR) is 71.3 cm³/mol. The van der Waals surface area contributed by atoms with Gasteiger partial charge < -0.3 is 15.5 Å². The molecular formula is C13H15ClN2O. The Bertz CT molecular complexity index is 502. The standard InChI is InChI=1S/C13H15ClN2O/c1-8-6-7-12(17-8)9(2)16-13-10(14)4-3-5-11(13)15/h3-7,9,16H,15H2,1-2H3. The molecule has 0 aliphatic carbocycles. The average molecular weight is 251 g/mol. The van der Waals surface area contributed by atoms with Crippen molar-refractivity contribution in [3.05, 3.63) is 46.9 Å². The van der Waals surface area contributed by atoms with Gasteiger partial charge in [0, 0.05) is 0 Å². The van der Waals surface area contributed by atoms with Crippen LogP contribution in [0.2, 0.25) is 5.02 Å². The molecule has 0 saturated heterocycles. The third-order valence-corrected chi connectivity index (χ3v) is 2.91. The number of para-hydroxylation sites is 1. The van der Waals surface area contributed by atoms with Crippen LogP contribution in [-0.2, 0) is 0 Å². The molecule has 4 heteroatoms. The van der Waals surface area contributed by atoms with Crippen LogP contribution in [0.4, 0.5) is 11.4 Å². The number of halogens is 1. The van der Waals surface area contributed by atoms with Gasteiger partial charge in [0.25, 0.3) is 0 Å². The van der Waals surface area contributed by atoms with Crippen molar-refractivity contribution in [1.82, 2.24) is 0 Å². The Labute approximate surface area is 106 Å². The van der Waals surface area contributed by atoms with Crippen LogP contribution in [0, 0.1) is 6.92 Å². The summed E-state index contributed by atoms with van der Waals surface area (Å²) in [6, 6.07) is 9.34. The van der Waals surface area contributed by atoms with Crippen LogP contribution in [0.5, 0.6) is 0 Å². The number of nitrogen functional groups attached to an aromatic ring is 1. The summed E-state index contributed by atoms with van der Waals surface area (Å²) in [4.78, 5) is 0. The molecule has 0 radical (unpaired) electrons. The highest BCUT2D eigenvalue weighted by Crippen LogP contribution is 2.31. The Hall–Kier alpha value is -1.61. The van der Waals surface area contributed by atoms with E-state index in [9.17, 15) is 0 Å². The van der Waals surface area contributed by atoms with E-state index in [0.717, 1.165) is 17.2 Å². The van der Waals surface area contributed by atoms with Crippen LogP contribution in [0.1, 0.15) is 24.5 Å². The zero-order chi connectivity index (χ0) is 12.4. The summed E-state index contributed by atoms with van der Waals surface area (Å²) in [5, 5.41) is 3.87. The van der Waals surface area contributed by atoms with Crippen LogP contribution in [0.15, 0.2) is 34.7 Å². The SMILES string of the molecule is Cc1ccc(C(C)Nc2c(N)cccc2Cl)o1. The van der Waals surface area contributed by atoms with E-state index in [-0.39, 0.29) is 6.04 Å². The summed E-state index contributed by atoms with van der Waals surface area (Å²) in [6.07, 6.45) is 0. The molecule has 3 N–H and O–H groups in total. The van der Waals surface area contributed by atoms with Gasteiger partial charge in [-0.1, -0.05) is 17.7 Å². The third kappa shape index (κ3) is 2.56. The van der Waals surface area contributed by atoms with E-state index >= 15 is 0 Å². The average Bonchev–Trinajstić information content (AvgIpc) is 2.70. The predicted octanol–water partition coefficient (Wildman–Crippen LogP) is 4.00. The molecule has 0 bridgehead atoms. The summed E-state index contributed by atoms with van der Waals surface area (Å²) in [5.74, 6) is 1.75. The zero-order valence-electron chi connectivity index (χ0n) is 9.83. The van der Waals surface area contributed by atoms with Crippen LogP contribution in [0.25, 0.3) is 0 Å². The molecule has 90 valence electrons. The largest absolute Gasteiger partial charge is 0.464 e. The molecule has 17 heavy (non-hydrogen) atoms. The van der Waals surface area contributed by atoms with E-state index in [1.165, 1.54) is 0 Å². The van der Waals surface area contributed by atoms with Crippen LogP contribution >= 0.6 is 11.6 Å². The van der Waals surface area contributed by atoms with E-state index in [0.29, 0.717) is 10.7 Å². The lowest BCUT2D eigenvalue weighted by molar-refractivity contribution is 0.467. The molecular weight excluding hydrogens is 236 g/mol. The van der Waals surface area contributed by atoms with Crippen molar-refractivity contribution >= 4 is 23.0 Å². The fourth-order valence-corrected chi connectivity index (χ4v) is 1.90. The van der Waals surface area contributed by atoms with Gasteiger partial charge in [0.1, 0.15) is 11.5 Å². The van der Waals surface area contributed by atoms with E-state index in [1.54, 1.807) is 6.07 Å². The first-order valence-corrected chi connectivity index (χ1v) is 5.82. The van der Waals surface area contributed by atoms with Crippen molar-refractivity contribution in [2.75, 3.05) is 11.1 Å². The first-order chi connectivity index (χ1) is 8.08. The van der Waals surface area contributed by atoms with Gasteiger partial charge in [0.05, 0.1) is 22.4 Å². The topological polar surface area (TPSA) is 51.2 Å². The molecule has 1 unspecified atom stereocenters. The minimum Gasteiger partial charge on any atom is -0.464 e. The highest BCUT2D eigenvalue weighted by molar-refractivity contribution is 6.33. The molecule has 0 saturated carbocycles. The van der Waals surface area contributed by atoms with E-state index in [1.807, 2.05) is 38.1 Å². The number of hydrogen-bond donors (Lipinski definition) is 2. The Morgan fingerprint density at radius 1 is 1.29 bits per heavy atom. The molecule has 2 rings (SSSR count). The highest BCUT2D eigenvalue weighted by atomic mass is 35.5. The van der Waals surface area contributed by atoms with Crippen molar-refractivity contribution in [1.29, 1.82) is 0 Å². The number of hydrogen-bond acceptors (Lipinski definition) is 3. The lowest BCUT2D eigenvalue weighted by atomic mass is 10.2. The second kappa shape index (κ2) is 4.72. The summed E-state index contributed by atoms with van der Waals surface area (Å²) < 4.78 is 5.55. The monoisotopic (exact) mass is 250 g/mol. The Balaban J connectivity index is 2.21. The summed E-state index contributed by atoms with van der Waals surface area (Å²) in [5.41, 5.74) is 7.25. The smallest absolute Gasteiger partial charge is 0.126 e. The van der Waals surface area contributed by atoms with Crippen LogP contribution in [-0.4, -0.2) is 0 Å². The second-order valence-corrected chi connectivity index (χ2v) is 4.43. The fraction of sp³-hybridized carbons (Fsp3) is 0.231. The maximum atomic E-state index is 6.09. The maximum Gasteiger partial charge on any atom is 0.126 e. The minimum atomic E-state index is 0.0194. The number of nitrogens with two attached hydrogens (primary N) is 1. The molecule has 1 aromatic carbocycles. The number of furan rings is 1. The molecule has 0 aliphatic rings. The fourth-order valence-electron chi connectivity index (χ4n) is 1.67. The number of anilines is 2. The number of benzene rings is 1. The van der Waals surface area contributed by atoms with Gasteiger partial charge >= 0.3 is 0 Å². The molecule has 0 amide bonds. The third-order valence-electron chi connectivity index (χ3n) is 2.59. The van der Waals surface area contributed by atoms with Crippen LogP contribution in [0.3, 0.4) is 0 Å². The summed E-state index contributed by atoms with van der Waals surface area (Å²) >= 11 is 6.09. The van der Waals surface area contributed by atoms with Gasteiger partial charge in [0.2, 0.25) is 0 Å². The van der Waals surface area contributed by atoms with Gasteiger partial charge in [-0.3, -0.25) is 0 Å². The van der Waals surface area contributed by atoms with E-state index < -0.39 is 0 Å². The van der Waals surface area contributed by atoms with E-state index in [4.69, 9.17) is 21.8 Å². The minimum absolute atomic E-state index is 0.0194.